The Morgan fingerprint density at radius 2 is 2.21 bits per heavy atom. The molecule has 1 aliphatic rings. The summed E-state index contributed by atoms with van der Waals surface area (Å²) in [5, 5.41) is 0. The molecule has 1 N–H and O–H groups in total. The van der Waals surface area contributed by atoms with Gasteiger partial charge in [-0.3, -0.25) is 9.36 Å². The number of nitrogens with one attached hydrogen (secondary N) is 1. The molecule has 2 rings (SSSR count). The lowest BCUT2D eigenvalue weighted by Gasteiger charge is -2.24. The predicted octanol–water partition coefficient (Wildman–Crippen LogP) is 0.824. The molecular weight excluding hydrogens is 180 g/mol. The molecule has 4 nitrogen and oxygen atoms in total. The normalized spacial score (nSPS) is 16.6. The van der Waals surface area contributed by atoms with Gasteiger partial charge in [-0.05, 0) is 25.7 Å². The minimum Gasteiger partial charge on any atom is -0.311 e. The van der Waals surface area contributed by atoms with Gasteiger partial charge in [0.1, 0.15) is 0 Å². The van der Waals surface area contributed by atoms with Gasteiger partial charge in [0.25, 0.3) is 5.56 Å². The van der Waals surface area contributed by atoms with Crippen LogP contribution < -0.4 is 11.2 Å². The maximum atomic E-state index is 11.5. The van der Waals surface area contributed by atoms with E-state index >= 15 is 0 Å². The van der Waals surface area contributed by atoms with Gasteiger partial charge in [-0.25, -0.2) is 4.79 Å². The fourth-order valence-corrected chi connectivity index (χ4v) is 1.78. The molecule has 0 radical (unpaired) electrons. The molecule has 1 aromatic rings. The third-order valence-electron chi connectivity index (χ3n) is 2.90. The Balaban J connectivity index is 2.46. The molecule has 0 unspecified atom stereocenters. The van der Waals surface area contributed by atoms with E-state index < -0.39 is 0 Å². The van der Waals surface area contributed by atoms with E-state index in [9.17, 15) is 9.59 Å². The topological polar surface area (TPSA) is 54.9 Å². The third-order valence-corrected chi connectivity index (χ3v) is 2.90. The Hall–Kier alpha value is -1.32. The third kappa shape index (κ3) is 1.41. The van der Waals surface area contributed by atoms with Gasteiger partial charge in [0.2, 0.25) is 0 Å². The van der Waals surface area contributed by atoms with Crippen molar-refractivity contribution in [3.63, 3.8) is 0 Å². The fraction of sp³-hybridized carbons (Fsp3) is 0.600. The highest BCUT2D eigenvalue weighted by Crippen LogP contribution is 2.34. The van der Waals surface area contributed by atoms with Crippen molar-refractivity contribution in [2.24, 2.45) is 0 Å². The maximum Gasteiger partial charge on any atom is 0.328 e. The molecule has 76 valence electrons. The van der Waals surface area contributed by atoms with Crippen LogP contribution in [0.1, 0.15) is 37.8 Å². The first kappa shape index (κ1) is 9.24. The van der Waals surface area contributed by atoms with Gasteiger partial charge in [0.05, 0.1) is 0 Å². The van der Waals surface area contributed by atoms with Crippen LogP contribution in [-0.2, 0) is 6.54 Å². The van der Waals surface area contributed by atoms with Gasteiger partial charge in [0, 0.05) is 18.3 Å². The summed E-state index contributed by atoms with van der Waals surface area (Å²) in [7, 11) is 0. The second-order valence-corrected chi connectivity index (χ2v) is 3.74. The second kappa shape index (κ2) is 3.44. The zero-order chi connectivity index (χ0) is 10.1. The molecule has 0 saturated heterocycles. The standard InChI is InChI=1S/C10H14N2O2/c1-2-12-9(13)6-8(11-10(12)14)7-4-3-5-7/h6-7H,2-5H2,1H3,(H,11,14). The molecule has 0 aromatic carbocycles. The molecule has 1 aromatic heterocycles. The number of aromatic nitrogens is 2. The van der Waals surface area contributed by atoms with E-state index in [4.69, 9.17) is 0 Å². The summed E-state index contributed by atoms with van der Waals surface area (Å²) < 4.78 is 1.21. The summed E-state index contributed by atoms with van der Waals surface area (Å²) >= 11 is 0. The average molecular weight is 194 g/mol. The lowest BCUT2D eigenvalue weighted by molar-refractivity contribution is 0.407. The first-order valence-electron chi connectivity index (χ1n) is 5.06. The predicted molar refractivity (Wildman–Crippen MR) is 53.6 cm³/mol. The lowest BCUT2D eigenvalue weighted by atomic mass is 9.83. The number of aromatic amines is 1. The van der Waals surface area contributed by atoms with Crippen molar-refractivity contribution >= 4 is 0 Å². The zero-order valence-electron chi connectivity index (χ0n) is 8.25. The first-order valence-corrected chi connectivity index (χ1v) is 5.06. The molecular formula is C10H14N2O2. The largest absolute Gasteiger partial charge is 0.328 e. The van der Waals surface area contributed by atoms with Crippen molar-refractivity contribution in [2.75, 3.05) is 0 Å². The quantitative estimate of drug-likeness (QED) is 0.758. The van der Waals surface area contributed by atoms with Crippen molar-refractivity contribution < 1.29 is 0 Å². The molecule has 1 aliphatic carbocycles. The minimum atomic E-state index is -0.276. The van der Waals surface area contributed by atoms with Crippen LogP contribution in [0.15, 0.2) is 15.7 Å². The van der Waals surface area contributed by atoms with E-state index in [-0.39, 0.29) is 11.2 Å². The zero-order valence-corrected chi connectivity index (χ0v) is 8.25. The Kier molecular flexibility index (Phi) is 2.27. The second-order valence-electron chi connectivity index (χ2n) is 3.74. The van der Waals surface area contributed by atoms with Crippen LogP contribution in [0.25, 0.3) is 0 Å². The Labute approximate surface area is 81.6 Å². The smallest absolute Gasteiger partial charge is 0.311 e. The van der Waals surface area contributed by atoms with Crippen LogP contribution in [0.3, 0.4) is 0 Å². The molecule has 1 saturated carbocycles. The van der Waals surface area contributed by atoms with Crippen molar-refractivity contribution in [3.8, 4) is 0 Å². The van der Waals surface area contributed by atoms with Gasteiger partial charge in [-0.2, -0.15) is 0 Å². The summed E-state index contributed by atoms with van der Waals surface area (Å²) in [5.41, 5.74) is 0.357. The Bertz CT molecular complexity index is 409. The molecule has 0 bridgehead atoms. The van der Waals surface area contributed by atoms with Gasteiger partial charge in [0.15, 0.2) is 0 Å². The fourth-order valence-electron chi connectivity index (χ4n) is 1.78. The van der Waals surface area contributed by atoms with Crippen LogP contribution in [-0.4, -0.2) is 9.55 Å². The first-order chi connectivity index (χ1) is 6.72. The van der Waals surface area contributed by atoms with Crippen molar-refractivity contribution in [1.29, 1.82) is 0 Å². The van der Waals surface area contributed by atoms with Crippen LogP contribution in [0.5, 0.6) is 0 Å². The minimum absolute atomic E-state index is 0.182. The summed E-state index contributed by atoms with van der Waals surface area (Å²) in [5.74, 6) is 0.405. The highest BCUT2D eigenvalue weighted by molar-refractivity contribution is 5.09. The van der Waals surface area contributed by atoms with E-state index in [1.165, 1.54) is 11.0 Å². The van der Waals surface area contributed by atoms with Gasteiger partial charge >= 0.3 is 5.69 Å². The molecule has 1 heterocycles. The van der Waals surface area contributed by atoms with Gasteiger partial charge in [-0.15, -0.1) is 0 Å². The van der Waals surface area contributed by atoms with Gasteiger partial charge in [-0.1, -0.05) is 6.42 Å². The molecule has 1 fully saturated rings. The summed E-state index contributed by atoms with van der Waals surface area (Å²) in [6.45, 7) is 2.22. The molecule has 0 spiro atoms. The Morgan fingerprint density at radius 3 is 2.64 bits per heavy atom. The lowest BCUT2D eigenvalue weighted by Crippen LogP contribution is -2.35. The van der Waals surface area contributed by atoms with Crippen LogP contribution >= 0.6 is 0 Å². The van der Waals surface area contributed by atoms with Crippen molar-refractivity contribution in [2.45, 2.75) is 38.6 Å². The van der Waals surface area contributed by atoms with E-state index in [2.05, 4.69) is 4.98 Å². The Morgan fingerprint density at radius 1 is 1.50 bits per heavy atom. The molecule has 14 heavy (non-hydrogen) atoms. The van der Waals surface area contributed by atoms with Crippen LogP contribution in [0.2, 0.25) is 0 Å². The molecule has 0 amide bonds. The average Bonchev–Trinajstić information content (AvgIpc) is 2.00. The number of nitrogens with zero attached hydrogens (tertiary/aromatic N) is 1. The SMILES string of the molecule is CCn1c(=O)cc(C2CCC2)[nH]c1=O. The number of H-pyrrole nitrogens is 1. The van der Waals surface area contributed by atoms with E-state index in [1.54, 1.807) is 13.0 Å². The van der Waals surface area contributed by atoms with E-state index in [0.717, 1.165) is 18.5 Å². The highest BCUT2D eigenvalue weighted by Gasteiger charge is 2.21. The summed E-state index contributed by atoms with van der Waals surface area (Å²) in [6.07, 6.45) is 3.38. The maximum absolute atomic E-state index is 11.5. The molecule has 0 atom stereocenters. The number of hydrogen-bond donors (Lipinski definition) is 1. The molecule has 0 aliphatic heterocycles. The summed E-state index contributed by atoms with van der Waals surface area (Å²) in [4.78, 5) is 25.7. The monoisotopic (exact) mass is 194 g/mol. The summed E-state index contributed by atoms with van der Waals surface area (Å²) in [6, 6.07) is 1.56. The van der Waals surface area contributed by atoms with E-state index in [0.29, 0.717) is 12.5 Å². The van der Waals surface area contributed by atoms with Crippen molar-refractivity contribution in [3.05, 3.63) is 32.6 Å². The number of rotatable bonds is 2. The van der Waals surface area contributed by atoms with E-state index in [1.807, 2.05) is 0 Å². The van der Waals surface area contributed by atoms with Crippen LogP contribution in [0.4, 0.5) is 0 Å². The van der Waals surface area contributed by atoms with Crippen molar-refractivity contribution in [1.82, 2.24) is 9.55 Å². The van der Waals surface area contributed by atoms with Gasteiger partial charge < -0.3 is 4.98 Å². The number of hydrogen-bond acceptors (Lipinski definition) is 2. The van der Waals surface area contributed by atoms with Crippen LogP contribution in [0, 0.1) is 0 Å². The molecule has 4 heteroatoms. The highest BCUT2D eigenvalue weighted by atomic mass is 16.2.